The summed E-state index contributed by atoms with van der Waals surface area (Å²) in [7, 11) is -3.91. The first-order valence-corrected chi connectivity index (χ1v) is 6.58. The molecule has 0 atom stereocenters. The minimum atomic E-state index is -3.91. The van der Waals surface area contributed by atoms with E-state index in [0.29, 0.717) is 4.47 Å². The fourth-order valence-corrected chi connectivity index (χ4v) is 2.62. The van der Waals surface area contributed by atoms with Gasteiger partial charge in [0.2, 0.25) is 5.91 Å². The molecule has 88 valence electrons. The molecule has 0 radical (unpaired) electrons. The number of halogens is 2. The number of hydrogen-bond acceptors (Lipinski definition) is 4. The summed E-state index contributed by atoms with van der Waals surface area (Å²) in [6, 6.07) is 1.28. The zero-order valence-corrected chi connectivity index (χ0v) is 11.1. The third kappa shape index (κ3) is 3.41. The smallest absolute Gasteiger partial charge is 0.260 e. The number of pyridine rings is 1. The first kappa shape index (κ1) is 13.4. The van der Waals surface area contributed by atoms with E-state index in [2.05, 4.69) is 20.9 Å². The van der Waals surface area contributed by atoms with Crippen LogP contribution in [0.15, 0.2) is 21.6 Å². The van der Waals surface area contributed by atoms with Gasteiger partial charge in [-0.15, -0.1) is 4.83 Å². The van der Waals surface area contributed by atoms with Gasteiger partial charge in [-0.3, -0.25) is 10.2 Å². The average Bonchev–Trinajstić information content (AvgIpc) is 2.19. The molecule has 16 heavy (non-hydrogen) atoms. The number of carbonyl (C=O) groups excluding carboxylic acids is 1. The van der Waals surface area contributed by atoms with E-state index in [1.807, 2.05) is 10.3 Å². The van der Waals surface area contributed by atoms with Crippen molar-refractivity contribution in [3.8, 4) is 0 Å². The minimum Gasteiger partial charge on any atom is -0.278 e. The molecule has 1 amide bonds. The highest BCUT2D eigenvalue weighted by Crippen LogP contribution is 2.21. The molecule has 0 unspecified atom stereocenters. The Morgan fingerprint density at radius 1 is 1.56 bits per heavy atom. The van der Waals surface area contributed by atoms with Crippen LogP contribution in [0.3, 0.4) is 0 Å². The number of amides is 1. The van der Waals surface area contributed by atoms with Gasteiger partial charge < -0.3 is 0 Å². The van der Waals surface area contributed by atoms with Gasteiger partial charge in [-0.25, -0.2) is 13.4 Å². The van der Waals surface area contributed by atoms with Gasteiger partial charge in [0.05, 0.1) is 0 Å². The molecule has 1 rings (SSSR count). The third-order valence-electron chi connectivity index (χ3n) is 1.42. The van der Waals surface area contributed by atoms with Gasteiger partial charge in [0.1, 0.15) is 10.0 Å². The molecule has 9 heteroatoms. The Kier molecular flexibility index (Phi) is 4.25. The van der Waals surface area contributed by atoms with Crippen LogP contribution in [0.5, 0.6) is 0 Å². The van der Waals surface area contributed by atoms with Crippen molar-refractivity contribution in [2.24, 2.45) is 0 Å². The molecule has 0 fully saturated rings. The van der Waals surface area contributed by atoms with Crippen molar-refractivity contribution in [1.82, 2.24) is 15.2 Å². The van der Waals surface area contributed by atoms with E-state index >= 15 is 0 Å². The number of carbonyl (C=O) groups is 1. The van der Waals surface area contributed by atoms with Crippen LogP contribution in [0.4, 0.5) is 0 Å². The van der Waals surface area contributed by atoms with Crippen LogP contribution in [0.1, 0.15) is 6.92 Å². The zero-order chi connectivity index (χ0) is 12.3. The van der Waals surface area contributed by atoms with Crippen molar-refractivity contribution in [2.75, 3.05) is 0 Å². The van der Waals surface area contributed by atoms with E-state index in [-0.39, 0.29) is 10.0 Å². The Hall–Kier alpha value is -0.700. The molecule has 0 bridgehead atoms. The summed E-state index contributed by atoms with van der Waals surface area (Å²) in [6.45, 7) is 1.17. The molecule has 1 heterocycles. The highest BCUT2D eigenvalue weighted by atomic mass is 79.9. The number of hydrazine groups is 1. The van der Waals surface area contributed by atoms with E-state index in [1.54, 1.807) is 0 Å². The second-order valence-electron chi connectivity index (χ2n) is 2.73. The van der Waals surface area contributed by atoms with Crippen molar-refractivity contribution in [3.05, 3.63) is 21.9 Å². The Labute approximate surface area is 106 Å². The summed E-state index contributed by atoms with van der Waals surface area (Å²) < 4.78 is 23.7. The van der Waals surface area contributed by atoms with Crippen LogP contribution in [-0.4, -0.2) is 19.3 Å². The largest absolute Gasteiger partial charge is 0.278 e. The van der Waals surface area contributed by atoms with Crippen molar-refractivity contribution < 1.29 is 13.2 Å². The van der Waals surface area contributed by atoms with Crippen molar-refractivity contribution in [3.63, 3.8) is 0 Å². The second-order valence-corrected chi connectivity index (χ2v) is 5.65. The monoisotopic (exact) mass is 327 g/mol. The van der Waals surface area contributed by atoms with Gasteiger partial charge >= 0.3 is 0 Å². The minimum absolute atomic E-state index is 0.180. The maximum Gasteiger partial charge on any atom is 0.260 e. The fourth-order valence-electron chi connectivity index (χ4n) is 0.786. The average molecular weight is 329 g/mol. The molecule has 2 N–H and O–H groups in total. The van der Waals surface area contributed by atoms with Gasteiger partial charge in [0, 0.05) is 17.6 Å². The van der Waals surface area contributed by atoms with Crippen LogP contribution >= 0.6 is 27.5 Å². The molecule has 0 aliphatic heterocycles. The Bertz CT molecular complexity index is 520. The molecule has 0 saturated heterocycles. The van der Waals surface area contributed by atoms with Gasteiger partial charge in [0.15, 0.2) is 0 Å². The van der Waals surface area contributed by atoms with Crippen molar-refractivity contribution in [1.29, 1.82) is 0 Å². The molecule has 0 saturated carbocycles. The summed E-state index contributed by atoms with van der Waals surface area (Å²) in [5.74, 6) is -0.539. The molecule has 1 aromatic heterocycles. The SMILES string of the molecule is CC(=O)NNS(=O)(=O)c1cc(Br)cnc1Cl. The molecule has 0 aromatic carbocycles. The Morgan fingerprint density at radius 3 is 2.75 bits per heavy atom. The number of sulfonamides is 1. The van der Waals surface area contributed by atoms with Gasteiger partial charge in [0.25, 0.3) is 10.0 Å². The lowest BCUT2D eigenvalue weighted by molar-refractivity contribution is -0.119. The van der Waals surface area contributed by atoms with E-state index < -0.39 is 15.9 Å². The van der Waals surface area contributed by atoms with E-state index in [4.69, 9.17) is 11.6 Å². The van der Waals surface area contributed by atoms with Gasteiger partial charge in [-0.05, 0) is 22.0 Å². The van der Waals surface area contributed by atoms with Crippen molar-refractivity contribution in [2.45, 2.75) is 11.8 Å². The predicted octanol–water partition coefficient (Wildman–Crippen LogP) is 0.827. The fraction of sp³-hybridized carbons (Fsp3) is 0.143. The van der Waals surface area contributed by atoms with Crippen LogP contribution in [0.2, 0.25) is 5.15 Å². The number of rotatable bonds is 3. The van der Waals surface area contributed by atoms with Crippen LogP contribution in [0.25, 0.3) is 0 Å². The highest BCUT2D eigenvalue weighted by molar-refractivity contribution is 9.10. The second kappa shape index (κ2) is 5.09. The maximum absolute atomic E-state index is 11.6. The topological polar surface area (TPSA) is 88.2 Å². The highest BCUT2D eigenvalue weighted by Gasteiger charge is 2.19. The molecule has 0 aliphatic carbocycles. The third-order valence-corrected chi connectivity index (χ3v) is 3.53. The standard InChI is InChI=1S/C7H7BrClN3O3S/c1-4(13)11-12-16(14,15)6-2-5(8)3-10-7(6)9/h2-3,12H,1H3,(H,11,13). The summed E-state index contributed by atoms with van der Waals surface area (Å²) >= 11 is 8.70. The molecule has 0 spiro atoms. The first-order chi connectivity index (χ1) is 7.33. The van der Waals surface area contributed by atoms with Crippen LogP contribution in [0, 0.1) is 0 Å². The Morgan fingerprint density at radius 2 is 2.19 bits per heavy atom. The first-order valence-electron chi connectivity index (χ1n) is 3.92. The van der Waals surface area contributed by atoms with Gasteiger partial charge in [-0.2, -0.15) is 0 Å². The number of hydrogen-bond donors (Lipinski definition) is 2. The lowest BCUT2D eigenvalue weighted by atomic mass is 10.5. The van der Waals surface area contributed by atoms with Crippen LogP contribution in [-0.2, 0) is 14.8 Å². The lowest BCUT2D eigenvalue weighted by Crippen LogP contribution is -2.40. The number of nitrogens with one attached hydrogen (secondary N) is 2. The zero-order valence-electron chi connectivity index (χ0n) is 7.99. The number of aromatic nitrogens is 1. The number of nitrogens with zero attached hydrogens (tertiary/aromatic N) is 1. The summed E-state index contributed by atoms with van der Waals surface area (Å²) in [5.41, 5.74) is 1.95. The Balaban J connectivity index is 3.07. The normalized spacial score (nSPS) is 11.2. The predicted molar refractivity (Wildman–Crippen MR) is 61.1 cm³/mol. The molecular formula is C7H7BrClN3O3S. The maximum atomic E-state index is 11.6. The van der Waals surface area contributed by atoms with Gasteiger partial charge in [-0.1, -0.05) is 11.6 Å². The molecule has 6 nitrogen and oxygen atoms in total. The van der Waals surface area contributed by atoms with E-state index in [9.17, 15) is 13.2 Å². The molecular weight excluding hydrogens is 322 g/mol. The lowest BCUT2D eigenvalue weighted by Gasteiger charge is -2.07. The summed E-state index contributed by atoms with van der Waals surface area (Å²) in [5, 5.41) is -0.180. The molecule has 1 aromatic rings. The van der Waals surface area contributed by atoms with Crippen molar-refractivity contribution >= 4 is 43.5 Å². The van der Waals surface area contributed by atoms with Crippen LogP contribution < -0.4 is 10.3 Å². The summed E-state index contributed by atoms with van der Waals surface area (Å²) in [4.78, 5) is 15.9. The molecule has 0 aliphatic rings. The summed E-state index contributed by atoms with van der Waals surface area (Å²) in [6.07, 6.45) is 1.36. The quantitative estimate of drug-likeness (QED) is 0.635. The van der Waals surface area contributed by atoms with E-state index in [1.165, 1.54) is 19.2 Å². The van der Waals surface area contributed by atoms with E-state index in [0.717, 1.165) is 0 Å².